The van der Waals surface area contributed by atoms with Crippen molar-refractivity contribution in [3.63, 3.8) is 0 Å². The highest BCUT2D eigenvalue weighted by Gasteiger charge is 2.10. The van der Waals surface area contributed by atoms with Crippen LogP contribution in [0.5, 0.6) is 5.75 Å². The molecule has 7 nitrogen and oxygen atoms in total. The summed E-state index contributed by atoms with van der Waals surface area (Å²) in [5.74, 6) is 1.11. The van der Waals surface area contributed by atoms with E-state index in [1.165, 1.54) is 0 Å². The molecule has 0 bridgehead atoms. The molecule has 0 atom stereocenters. The van der Waals surface area contributed by atoms with E-state index in [4.69, 9.17) is 21.5 Å². The van der Waals surface area contributed by atoms with Crippen LogP contribution in [0.2, 0.25) is 0 Å². The summed E-state index contributed by atoms with van der Waals surface area (Å²) in [4.78, 5) is 12.1. The van der Waals surface area contributed by atoms with Gasteiger partial charge < -0.3 is 14.6 Å². The Morgan fingerprint density at radius 1 is 1.24 bits per heavy atom. The summed E-state index contributed by atoms with van der Waals surface area (Å²) in [5.41, 5.74) is 7.42. The van der Waals surface area contributed by atoms with Crippen molar-refractivity contribution >= 4 is 23.2 Å². The number of thiocarbonyl (C=S) groups is 1. The number of hydrogen-bond donors (Lipinski definition) is 3. The van der Waals surface area contributed by atoms with E-state index in [-0.39, 0.29) is 11.9 Å². The van der Waals surface area contributed by atoms with Gasteiger partial charge in [0.25, 0.3) is 5.91 Å². The summed E-state index contributed by atoms with van der Waals surface area (Å²) in [7, 11) is 0. The van der Waals surface area contributed by atoms with Gasteiger partial charge >= 0.3 is 0 Å². The van der Waals surface area contributed by atoms with Gasteiger partial charge in [-0.15, -0.1) is 0 Å². The van der Waals surface area contributed by atoms with Crippen molar-refractivity contribution in [2.45, 2.75) is 40.3 Å². The number of carbonyl (C=O) groups excluding carboxylic acids is 1. The number of carbonyl (C=O) groups is 1. The zero-order chi connectivity index (χ0) is 18.4. The van der Waals surface area contributed by atoms with Crippen LogP contribution in [0.15, 0.2) is 28.8 Å². The highest BCUT2D eigenvalue weighted by molar-refractivity contribution is 7.80. The lowest BCUT2D eigenvalue weighted by Crippen LogP contribution is -2.48. The molecule has 1 aromatic carbocycles. The third-order valence-electron chi connectivity index (χ3n) is 3.39. The first kappa shape index (κ1) is 18.7. The maximum absolute atomic E-state index is 12.1. The summed E-state index contributed by atoms with van der Waals surface area (Å²) >= 11 is 5.04. The lowest BCUT2D eigenvalue weighted by molar-refractivity contribution is 0.0943. The standard InChI is InChI=1S/C17H22N4O3S/c1-10(2)18-17(25)20-19-16(22)13-5-7-14(8-6-13)23-9-15-11(3)21-24-12(15)4/h5-8,10H,9H2,1-4H3,(H,19,22)(H2,18,20,25). The van der Waals surface area contributed by atoms with E-state index >= 15 is 0 Å². The Morgan fingerprint density at radius 2 is 1.92 bits per heavy atom. The van der Waals surface area contributed by atoms with Crippen LogP contribution in [0.1, 0.15) is 41.2 Å². The Kier molecular flexibility index (Phi) is 6.35. The van der Waals surface area contributed by atoms with Crippen molar-refractivity contribution in [3.05, 3.63) is 46.8 Å². The average Bonchev–Trinajstić information content (AvgIpc) is 2.89. The minimum absolute atomic E-state index is 0.186. The van der Waals surface area contributed by atoms with Gasteiger partial charge in [0.15, 0.2) is 5.11 Å². The molecule has 0 unspecified atom stereocenters. The number of hydrazine groups is 1. The number of benzene rings is 1. The zero-order valence-corrected chi connectivity index (χ0v) is 15.5. The Bertz CT molecular complexity index is 721. The molecule has 2 rings (SSSR count). The van der Waals surface area contributed by atoms with Crippen molar-refractivity contribution in [3.8, 4) is 5.75 Å². The van der Waals surface area contributed by atoms with Crippen molar-refractivity contribution in [2.24, 2.45) is 0 Å². The smallest absolute Gasteiger partial charge is 0.269 e. The van der Waals surface area contributed by atoms with Gasteiger partial charge in [-0.25, -0.2) is 0 Å². The van der Waals surface area contributed by atoms with Crippen molar-refractivity contribution in [1.82, 2.24) is 21.3 Å². The zero-order valence-electron chi connectivity index (χ0n) is 14.7. The number of rotatable bonds is 5. The van der Waals surface area contributed by atoms with E-state index < -0.39 is 0 Å². The molecular formula is C17H22N4O3S. The molecule has 1 aromatic heterocycles. The van der Waals surface area contributed by atoms with E-state index in [1.807, 2.05) is 27.7 Å². The van der Waals surface area contributed by atoms with Crippen molar-refractivity contribution in [2.75, 3.05) is 0 Å². The fourth-order valence-electron chi connectivity index (χ4n) is 2.05. The van der Waals surface area contributed by atoms with Gasteiger partial charge in [0.1, 0.15) is 18.1 Å². The Hall–Kier alpha value is -2.61. The molecule has 3 N–H and O–H groups in total. The first-order chi connectivity index (χ1) is 11.9. The lowest BCUT2D eigenvalue weighted by Gasteiger charge is -2.14. The van der Waals surface area contributed by atoms with Crippen LogP contribution in [-0.4, -0.2) is 22.2 Å². The number of aromatic nitrogens is 1. The maximum atomic E-state index is 12.1. The Morgan fingerprint density at radius 3 is 2.48 bits per heavy atom. The molecule has 0 saturated heterocycles. The summed E-state index contributed by atoms with van der Waals surface area (Å²) in [6, 6.07) is 7.01. The van der Waals surface area contributed by atoms with Crippen LogP contribution in [-0.2, 0) is 6.61 Å². The van der Waals surface area contributed by atoms with Crippen LogP contribution < -0.4 is 20.9 Å². The minimum atomic E-state index is -0.287. The molecule has 1 amide bonds. The van der Waals surface area contributed by atoms with E-state index in [0.717, 1.165) is 17.0 Å². The first-order valence-electron chi connectivity index (χ1n) is 7.88. The molecule has 25 heavy (non-hydrogen) atoms. The van der Waals surface area contributed by atoms with Gasteiger partial charge in [0.05, 0.1) is 11.3 Å². The first-order valence-corrected chi connectivity index (χ1v) is 8.29. The number of nitrogens with zero attached hydrogens (tertiary/aromatic N) is 1. The number of amides is 1. The average molecular weight is 362 g/mol. The van der Waals surface area contributed by atoms with Gasteiger partial charge in [-0.3, -0.25) is 15.6 Å². The van der Waals surface area contributed by atoms with Crippen molar-refractivity contribution < 1.29 is 14.1 Å². The quantitative estimate of drug-likeness (QED) is 0.556. The maximum Gasteiger partial charge on any atom is 0.269 e. The number of aryl methyl sites for hydroxylation is 2. The second-order valence-corrected chi connectivity index (χ2v) is 6.23. The van der Waals surface area contributed by atoms with E-state index in [0.29, 0.717) is 23.0 Å². The van der Waals surface area contributed by atoms with Gasteiger partial charge in [-0.2, -0.15) is 0 Å². The van der Waals surface area contributed by atoms with Crippen molar-refractivity contribution in [1.29, 1.82) is 0 Å². The second kappa shape index (κ2) is 8.48. The Balaban J connectivity index is 1.86. The minimum Gasteiger partial charge on any atom is -0.489 e. The van der Waals surface area contributed by atoms with Crippen LogP contribution in [0.3, 0.4) is 0 Å². The molecule has 8 heteroatoms. The molecule has 1 heterocycles. The van der Waals surface area contributed by atoms with Crippen LogP contribution in [0.4, 0.5) is 0 Å². The van der Waals surface area contributed by atoms with Gasteiger partial charge in [-0.1, -0.05) is 5.16 Å². The van der Waals surface area contributed by atoms with Gasteiger partial charge in [0.2, 0.25) is 0 Å². The topological polar surface area (TPSA) is 88.4 Å². The fourth-order valence-corrected chi connectivity index (χ4v) is 2.34. The predicted octanol–water partition coefficient (Wildman–Crippen LogP) is 2.39. The molecule has 0 fully saturated rings. The monoisotopic (exact) mass is 362 g/mol. The Labute approximate surface area is 152 Å². The molecule has 0 aliphatic heterocycles. The van der Waals surface area contributed by atoms with E-state index in [1.54, 1.807) is 24.3 Å². The third kappa shape index (κ3) is 5.46. The third-order valence-corrected chi connectivity index (χ3v) is 3.61. The molecule has 134 valence electrons. The number of nitrogens with one attached hydrogen (secondary N) is 3. The number of hydrogen-bond acceptors (Lipinski definition) is 5. The summed E-state index contributed by atoms with van der Waals surface area (Å²) < 4.78 is 10.8. The second-order valence-electron chi connectivity index (χ2n) is 5.82. The summed E-state index contributed by atoms with van der Waals surface area (Å²) in [6.45, 7) is 7.99. The molecule has 2 aromatic rings. The normalized spacial score (nSPS) is 10.4. The molecular weight excluding hydrogens is 340 g/mol. The lowest BCUT2D eigenvalue weighted by atomic mass is 10.2. The molecule has 0 saturated carbocycles. The highest BCUT2D eigenvalue weighted by Crippen LogP contribution is 2.17. The van der Waals surface area contributed by atoms with Gasteiger partial charge in [0, 0.05) is 11.6 Å². The largest absolute Gasteiger partial charge is 0.489 e. The predicted molar refractivity (Wildman–Crippen MR) is 98.2 cm³/mol. The number of ether oxygens (including phenoxy) is 1. The van der Waals surface area contributed by atoms with Crippen LogP contribution >= 0.6 is 12.2 Å². The summed E-state index contributed by atoms with van der Waals surface area (Å²) in [5, 5.41) is 7.22. The fraction of sp³-hybridized carbons (Fsp3) is 0.353. The SMILES string of the molecule is Cc1noc(C)c1COc1ccc(C(=O)NNC(=S)NC(C)C)cc1. The molecule has 0 radical (unpaired) electrons. The van der Waals surface area contributed by atoms with E-state index in [2.05, 4.69) is 21.3 Å². The van der Waals surface area contributed by atoms with Crippen LogP contribution in [0.25, 0.3) is 0 Å². The summed E-state index contributed by atoms with van der Waals surface area (Å²) in [6.07, 6.45) is 0. The van der Waals surface area contributed by atoms with Gasteiger partial charge in [-0.05, 0) is 64.2 Å². The van der Waals surface area contributed by atoms with Crippen LogP contribution in [0, 0.1) is 13.8 Å². The molecule has 0 aliphatic rings. The highest BCUT2D eigenvalue weighted by atomic mass is 32.1. The molecule has 0 spiro atoms. The molecule has 0 aliphatic carbocycles. The van der Waals surface area contributed by atoms with E-state index in [9.17, 15) is 4.79 Å².